The van der Waals surface area contributed by atoms with E-state index in [0.29, 0.717) is 19.3 Å². The van der Waals surface area contributed by atoms with E-state index in [1.807, 2.05) is 0 Å². The molecule has 0 heterocycles. The molecule has 0 aliphatic rings. The molecule has 0 aromatic rings. The molecule has 0 radical (unpaired) electrons. The number of allylic oxidation sites excluding steroid dienone is 18. The number of aliphatic hydroxyl groups is 2. The summed E-state index contributed by atoms with van der Waals surface area (Å²) >= 11 is 0. The zero-order chi connectivity index (χ0) is 69.5. The van der Waals surface area contributed by atoms with Crippen molar-refractivity contribution in [1.29, 1.82) is 0 Å². The molecular weight excluding hydrogens is 1240 g/mol. The van der Waals surface area contributed by atoms with Crippen LogP contribution in [-0.4, -0.2) is 95.9 Å². The van der Waals surface area contributed by atoms with Crippen LogP contribution in [0, 0.1) is 0 Å². The average molecular weight is 1380 g/mol. The van der Waals surface area contributed by atoms with Crippen LogP contribution in [0.25, 0.3) is 0 Å². The van der Waals surface area contributed by atoms with Gasteiger partial charge in [0.25, 0.3) is 0 Å². The van der Waals surface area contributed by atoms with Gasteiger partial charge in [-0.15, -0.1) is 0 Å². The Balaban J connectivity index is 4.56. The molecule has 0 aliphatic heterocycles. The number of carbonyl (C=O) groups is 3. The van der Waals surface area contributed by atoms with Crippen LogP contribution in [0.1, 0.15) is 303 Å². The summed E-state index contributed by atoms with van der Waals surface area (Å²) in [5, 5.41) is 20.6. The second-order valence-electron chi connectivity index (χ2n) is 24.7. The lowest BCUT2D eigenvalue weighted by atomic mass is 10.0. The topological polar surface area (TPSA) is 231 Å². The third-order valence-corrected chi connectivity index (χ3v) is 17.4. The molecule has 0 aromatic carbocycles. The second-order valence-corrected chi connectivity index (χ2v) is 27.6. The SMILES string of the molecule is CC/C=C\C/C=C\C/C=C\C/C=C\CCCCCCC(=O)OCC(COP(=O)(O)OCC(O)COP(=O)(O)OCC(O)COC(=O)CCCCCCCCCCCCC/C=C\C/C=C\C/C=C\C/C=C\CCCCC)OC(=O)CCCCCCC/C=C\CCCCCCCC. The predicted molar refractivity (Wildman–Crippen MR) is 390 cm³/mol. The lowest BCUT2D eigenvalue weighted by molar-refractivity contribution is -0.161. The van der Waals surface area contributed by atoms with Crippen LogP contribution in [0.3, 0.4) is 0 Å². The molecular formula is C77H134O16P2. The molecule has 0 saturated carbocycles. The van der Waals surface area contributed by atoms with Crippen LogP contribution >= 0.6 is 15.6 Å². The van der Waals surface area contributed by atoms with Gasteiger partial charge in [-0.25, -0.2) is 9.13 Å². The summed E-state index contributed by atoms with van der Waals surface area (Å²) in [4.78, 5) is 58.5. The largest absolute Gasteiger partial charge is 0.472 e. The zero-order valence-electron chi connectivity index (χ0n) is 59.6. The van der Waals surface area contributed by atoms with E-state index >= 15 is 0 Å². The maximum absolute atomic E-state index is 12.9. The lowest BCUT2D eigenvalue weighted by Gasteiger charge is -2.21. The van der Waals surface area contributed by atoms with Gasteiger partial charge in [-0.3, -0.25) is 32.5 Å². The van der Waals surface area contributed by atoms with Crippen molar-refractivity contribution in [2.24, 2.45) is 0 Å². The summed E-state index contributed by atoms with van der Waals surface area (Å²) in [7, 11) is -9.79. The molecule has 95 heavy (non-hydrogen) atoms. The van der Waals surface area contributed by atoms with Crippen molar-refractivity contribution in [3.63, 3.8) is 0 Å². The molecule has 0 spiro atoms. The van der Waals surface area contributed by atoms with E-state index in [9.17, 15) is 43.5 Å². The summed E-state index contributed by atoms with van der Waals surface area (Å²) in [5.74, 6) is -1.61. The van der Waals surface area contributed by atoms with Gasteiger partial charge in [0.1, 0.15) is 25.4 Å². The number of carbonyl (C=O) groups excluding carboxylic acids is 3. The van der Waals surface area contributed by atoms with Gasteiger partial charge in [0.2, 0.25) is 0 Å². The Morgan fingerprint density at radius 1 is 0.305 bits per heavy atom. The van der Waals surface area contributed by atoms with Crippen LogP contribution in [0.5, 0.6) is 0 Å². The van der Waals surface area contributed by atoms with E-state index in [-0.39, 0.29) is 19.3 Å². The first kappa shape index (κ1) is 91.2. The minimum absolute atomic E-state index is 0.0881. The average Bonchev–Trinajstić information content (AvgIpc) is 2.44. The first-order valence-electron chi connectivity index (χ1n) is 37.2. The third-order valence-electron chi connectivity index (χ3n) is 15.5. The zero-order valence-corrected chi connectivity index (χ0v) is 61.4. The van der Waals surface area contributed by atoms with E-state index in [1.165, 1.54) is 109 Å². The Morgan fingerprint density at radius 3 is 0.916 bits per heavy atom. The fourth-order valence-electron chi connectivity index (χ4n) is 9.78. The van der Waals surface area contributed by atoms with E-state index in [4.69, 9.17) is 32.3 Å². The van der Waals surface area contributed by atoms with Crippen LogP contribution in [-0.2, 0) is 55.8 Å². The summed E-state index contributed by atoms with van der Waals surface area (Å²) in [6.07, 6.45) is 79.9. The highest BCUT2D eigenvalue weighted by Gasteiger charge is 2.29. The monoisotopic (exact) mass is 1380 g/mol. The lowest BCUT2D eigenvalue weighted by Crippen LogP contribution is -2.30. The number of hydrogen-bond acceptors (Lipinski definition) is 14. The standard InChI is InChI=1S/C77H134O16P2/c1-4-7-10-13-16-19-22-25-28-30-31-32-33-34-35-36-37-38-39-41-44-45-48-51-54-57-60-63-75(80)87-66-72(78)67-89-94(83,84)90-68-73(79)69-91-95(85,86)92-71-74(93-77(82)65-62-59-56-53-50-47-42-27-24-21-18-15-12-9-6-3)70-88-76(81)64-61-58-55-52-49-46-43-40-29-26-23-20-17-14-11-8-5-2/h8,11,16-17,19-20,25-29,31-32,34-35,42-43,46,72-74,78-79H,4-7,9-10,12-15,18,21-24,30,33,36-41,44-45,47-71H2,1-3H3,(H,83,84)(H,85,86)/b11-8-,19-16-,20-17-,28-25-,29-26-,32-31-,35-34-,42-27-,46-43-. The molecule has 18 heteroatoms. The van der Waals surface area contributed by atoms with E-state index in [1.54, 1.807) is 0 Å². The molecule has 5 unspecified atom stereocenters. The fraction of sp³-hybridized carbons (Fsp3) is 0.727. The van der Waals surface area contributed by atoms with Gasteiger partial charge in [-0.1, -0.05) is 265 Å². The number of aliphatic hydroxyl groups excluding tert-OH is 2. The normalized spacial score (nSPS) is 14.7. The van der Waals surface area contributed by atoms with Crippen LogP contribution < -0.4 is 0 Å². The summed E-state index contributed by atoms with van der Waals surface area (Å²) in [6.45, 7) is 2.50. The highest BCUT2D eigenvalue weighted by Crippen LogP contribution is 2.45. The molecule has 0 fully saturated rings. The van der Waals surface area contributed by atoms with Crippen LogP contribution in [0.4, 0.5) is 0 Å². The number of unbranched alkanes of at least 4 members (excludes halogenated alkanes) is 29. The van der Waals surface area contributed by atoms with Gasteiger partial charge >= 0.3 is 33.6 Å². The second kappa shape index (κ2) is 70.1. The molecule has 548 valence electrons. The maximum atomic E-state index is 12.9. The molecule has 5 atom stereocenters. The minimum atomic E-state index is -4.93. The van der Waals surface area contributed by atoms with Gasteiger partial charge in [0.05, 0.1) is 26.4 Å². The first-order chi connectivity index (χ1) is 46.2. The van der Waals surface area contributed by atoms with Crippen molar-refractivity contribution in [2.45, 2.75) is 322 Å². The number of esters is 3. The first-order valence-corrected chi connectivity index (χ1v) is 40.2. The summed E-state index contributed by atoms with van der Waals surface area (Å²) in [5.41, 5.74) is 0. The molecule has 0 rings (SSSR count). The van der Waals surface area contributed by atoms with Crippen LogP contribution in [0.15, 0.2) is 109 Å². The molecule has 0 bridgehead atoms. The van der Waals surface area contributed by atoms with Crippen LogP contribution in [0.2, 0.25) is 0 Å². The van der Waals surface area contributed by atoms with Gasteiger partial charge < -0.3 is 34.2 Å². The number of phosphoric ester groups is 2. The van der Waals surface area contributed by atoms with Crippen molar-refractivity contribution in [3.8, 4) is 0 Å². The van der Waals surface area contributed by atoms with Crippen molar-refractivity contribution < 1.29 is 75.8 Å². The highest BCUT2D eigenvalue weighted by molar-refractivity contribution is 7.47. The molecule has 0 aliphatic carbocycles. The Labute approximate surface area is 577 Å². The Morgan fingerprint density at radius 2 is 0.558 bits per heavy atom. The molecule has 0 aromatic heterocycles. The smallest absolute Gasteiger partial charge is 0.463 e. The number of ether oxygens (including phenoxy) is 3. The summed E-state index contributed by atoms with van der Waals surface area (Å²) in [6, 6.07) is 0. The predicted octanol–water partition coefficient (Wildman–Crippen LogP) is 21.2. The van der Waals surface area contributed by atoms with Crippen molar-refractivity contribution >= 4 is 33.6 Å². The van der Waals surface area contributed by atoms with Crippen molar-refractivity contribution in [1.82, 2.24) is 0 Å². The Bertz CT molecular complexity index is 2170. The fourth-order valence-corrected chi connectivity index (χ4v) is 11.4. The van der Waals surface area contributed by atoms with E-state index in [0.717, 1.165) is 135 Å². The van der Waals surface area contributed by atoms with Gasteiger partial charge in [0.15, 0.2) is 6.10 Å². The van der Waals surface area contributed by atoms with E-state index < -0.39 is 91.5 Å². The highest BCUT2D eigenvalue weighted by atomic mass is 31.2. The van der Waals surface area contributed by atoms with Gasteiger partial charge in [-0.2, -0.15) is 0 Å². The third kappa shape index (κ3) is 71.3. The Hall–Kier alpha value is -3.79. The molecule has 16 nitrogen and oxygen atoms in total. The Kier molecular flexibility index (Phi) is 67.3. The quantitative estimate of drug-likeness (QED) is 0.0146. The van der Waals surface area contributed by atoms with E-state index in [2.05, 4.69) is 130 Å². The summed E-state index contributed by atoms with van der Waals surface area (Å²) < 4.78 is 61.0. The minimum Gasteiger partial charge on any atom is -0.463 e. The van der Waals surface area contributed by atoms with Crippen molar-refractivity contribution in [2.75, 3.05) is 39.6 Å². The number of hydrogen-bond donors (Lipinski definition) is 4. The molecule has 0 saturated heterocycles. The van der Waals surface area contributed by atoms with Gasteiger partial charge in [0, 0.05) is 19.3 Å². The maximum Gasteiger partial charge on any atom is 0.472 e. The number of phosphoric acid groups is 2. The number of rotatable bonds is 70. The molecule has 0 amide bonds. The molecule has 4 N–H and O–H groups in total. The van der Waals surface area contributed by atoms with Crippen molar-refractivity contribution in [3.05, 3.63) is 109 Å². The van der Waals surface area contributed by atoms with Gasteiger partial charge in [-0.05, 0) is 128 Å².